The molecule has 0 aliphatic rings. The Hall–Kier alpha value is -2.46. The van der Waals surface area contributed by atoms with Crippen LogP contribution in [0.3, 0.4) is 0 Å². The van der Waals surface area contributed by atoms with Crippen molar-refractivity contribution in [1.82, 2.24) is 0 Å². The average Bonchev–Trinajstić information content (AvgIpc) is 2.84. The van der Waals surface area contributed by atoms with Crippen molar-refractivity contribution in [2.75, 3.05) is 39.6 Å². The van der Waals surface area contributed by atoms with Crippen molar-refractivity contribution in [2.45, 2.75) is 79.1 Å². The van der Waals surface area contributed by atoms with Crippen molar-refractivity contribution in [2.24, 2.45) is 11.8 Å². The second-order valence-corrected chi connectivity index (χ2v) is 8.56. The number of carbonyl (C=O) groups is 4. The Kier molecular flexibility index (Phi) is 19.3. The van der Waals surface area contributed by atoms with Gasteiger partial charge in [-0.25, -0.2) is 9.59 Å². The molecule has 0 aliphatic carbocycles. The van der Waals surface area contributed by atoms with Crippen LogP contribution in [0.5, 0.6) is 0 Å². The molecular weight excluding hydrogens is 472 g/mol. The maximum absolute atomic E-state index is 12.4. The molecule has 0 heterocycles. The van der Waals surface area contributed by atoms with E-state index in [4.69, 9.17) is 18.9 Å². The Morgan fingerprint density at radius 3 is 1.22 bits per heavy atom. The number of esters is 2. The minimum Gasteiger partial charge on any atom is -0.478 e. The third-order valence-electron chi connectivity index (χ3n) is 5.55. The lowest BCUT2D eigenvalue weighted by Crippen LogP contribution is -2.30. The van der Waals surface area contributed by atoms with Gasteiger partial charge in [-0.05, 0) is 26.7 Å². The minimum absolute atomic E-state index is 0.0949. The van der Waals surface area contributed by atoms with Gasteiger partial charge >= 0.3 is 23.9 Å². The third-order valence-corrected chi connectivity index (χ3v) is 5.55. The summed E-state index contributed by atoms with van der Waals surface area (Å²) in [6.07, 6.45) is 8.33. The van der Waals surface area contributed by atoms with E-state index in [1.54, 1.807) is 0 Å². The van der Waals surface area contributed by atoms with Crippen LogP contribution in [0.1, 0.15) is 79.1 Å². The number of aliphatic carboxylic acids is 2. The zero-order valence-electron chi connectivity index (χ0n) is 22.2. The van der Waals surface area contributed by atoms with Crippen LogP contribution < -0.4 is 0 Å². The fourth-order valence-corrected chi connectivity index (χ4v) is 3.42. The van der Waals surface area contributed by atoms with Crippen molar-refractivity contribution in [3.8, 4) is 0 Å². The van der Waals surface area contributed by atoms with Crippen LogP contribution in [0.4, 0.5) is 0 Å². The highest BCUT2D eigenvalue weighted by Crippen LogP contribution is 2.25. The fourth-order valence-electron chi connectivity index (χ4n) is 3.42. The summed E-state index contributed by atoms with van der Waals surface area (Å²) >= 11 is 0. The van der Waals surface area contributed by atoms with E-state index in [1.807, 2.05) is 0 Å². The molecule has 0 bridgehead atoms. The summed E-state index contributed by atoms with van der Waals surface area (Å²) in [6, 6.07) is 0. The number of hydrogen-bond donors (Lipinski definition) is 2. The molecule has 0 fully saturated rings. The molecule has 0 saturated carbocycles. The minimum atomic E-state index is -1.63. The third kappa shape index (κ3) is 14.2. The molecule has 0 aromatic rings. The normalized spacial score (nSPS) is 13.4. The molecule has 0 spiro atoms. The monoisotopic (exact) mass is 516 g/mol. The molecular formula is C26H44O10. The molecule has 0 radical (unpaired) electrons. The van der Waals surface area contributed by atoms with Gasteiger partial charge < -0.3 is 29.2 Å². The second kappa shape index (κ2) is 20.7. The van der Waals surface area contributed by atoms with Gasteiger partial charge in [0.15, 0.2) is 0 Å². The summed E-state index contributed by atoms with van der Waals surface area (Å²) in [5.74, 6) is -7.92. The zero-order chi connectivity index (χ0) is 27.3. The topological polar surface area (TPSA) is 146 Å². The maximum Gasteiger partial charge on any atom is 0.333 e. The van der Waals surface area contributed by atoms with Crippen LogP contribution >= 0.6 is 0 Å². The number of carboxylic acid groups (broad SMARTS) is 2. The lowest BCUT2D eigenvalue weighted by molar-refractivity contribution is -0.152. The average molecular weight is 517 g/mol. The number of unbranched alkanes of at least 4 members (excludes halogenated alkanes) is 6. The SMILES string of the molecule is CCCCCCOCCOC(=O)C(C)/C(C(=O)O)=C(\C(=O)O)C(C)C(=O)OCCOCCCCCC. The molecule has 10 heteroatoms. The standard InChI is InChI=1S/C26H44O10/c1-5-7-9-11-13-33-15-17-35-25(31)19(3)21(23(27)28)22(24(29)30)20(4)26(32)36-18-16-34-14-12-10-8-6-2/h19-20H,5-18H2,1-4H3,(H,27,28)(H,29,30)/b22-21+. The molecule has 0 aliphatic heterocycles. The molecule has 36 heavy (non-hydrogen) atoms. The first kappa shape index (κ1) is 33.5. The highest BCUT2D eigenvalue weighted by Gasteiger charge is 2.36. The maximum atomic E-state index is 12.4. The first-order valence-corrected chi connectivity index (χ1v) is 12.9. The van der Waals surface area contributed by atoms with Crippen molar-refractivity contribution >= 4 is 23.9 Å². The van der Waals surface area contributed by atoms with E-state index in [0.717, 1.165) is 51.4 Å². The van der Waals surface area contributed by atoms with Crippen molar-refractivity contribution in [3.05, 3.63) is 11.1 Å². The lowest BCUT2D eigenvalue weighted by Gasteiger charge is -2.19. The Labute approximate surface area is 214 Å². The highest BCUT2D eigenvalue weighted by atomic mass is 16.6. The van der Waals surface area contributed by atoms with Gasteiger partial charge in [-0.1, -0.05) is 52.4 Å². The van der Waals surface area contributed by atoms with Crippen LogP contribution in [0.25, 0.3) is 0 Å². The first-order chi connectivity index (χ1) is 17.2. The summed E-state index contributed by atoms with van der Waals surface area (Å²) in [4.78, 5) is 48.6. The molecule has 0 aromatic heterocycles. The molecule has 208 valence electrons. The Morgan fingerprint density at radius 2 is 0.917 bits per heavy atom. The van der Waals surface area contributed by atoms with Gasteiger partial charge in [-0.2, -0.15) is 0 Å². The van der Waals surface area contributed by atoms with E-state index in [9.17, 15) is 29.4 Å². The second-order valence-electron chi connectivity index (χ2n) is 8.56. The van der Waals surface area contributed by atoms with Crippen LogP contribution in [0.15, 0.2) is 11.1 Å². The number of carboxylic acids is 2. The van der Waals surface area contributed by atoms with Crippen molar-refractivity contribution in [1.29, 1.82) is 0 Å². The number of carbonyl (C=O) groups excluding carboxylic acids is 2. The van der Waals surface area contributed by atoms with E-state index in [2.05, 4.69) is 13.8 Å². The van der Waals surface area contributed by atoms with Crippen LogP contribution in [-0.4, -0.2) is 73.7 Å². The van der Waals surface area contributed by atoms with E-state index in [1.165, 1.54) is 13.8 Å². The predicted molar refractivity (Wildman–Crippen MR) is 132 cm³/mol. The largest absolute Gasteiger partial charge is 0.478 e. The number of hydrogen-bond acceptors (Lipinski definition) is 8. The Morgan fingerprint density at radius 1 is 0.556 bits per heavy atom. The molecule has 0 amide bonds. The Balaban J connectivity index is 4.94. The van der Waals surface area contributed by atoms with Crippen molar-refractivity contribution < 1.29 is 48.3 Å². The summed E-state index contributed by atoms with van der Waals surface area (Å²) in [5, 5.41) is 19.3. The summed E-state index contributed by atoms with van der Waals surface area (Å²) in [7, 11) is 0. The van der Waals surface area contributed by atoms with Crippen LogP contribution in [0.2, 0.25) is 0 Å². The number of rotatable bonds is 22. The molecule has 2 atom stereocenters. The molecule has 0 saturated heterocycles. The molecule has 2 N–H and O–H groups in total. The predicted octanol–water partition coefficient (Wildman–Crippen LogP) is 4.00. The zero-order valence-corrected chi connectivity index (χ0v) is 22.2. The van der Waals surface area contributed by atoms with Crippen LogP contribution in [-0.2, 0) is 38.1 Å². The lowest BCUT2D eigenvalue weighted by atomic mass is 9.88. The van der Waals surface area contributed by atoms with E-state index in [0.29, 0.717) is 13.2 Å². The van der Waals surface area contributed by atoms with E-state index < -0.39 is 46.9 Å². The first-order valence-electron chi connectivity index (χ1n) is 12.9. The Bertz CT molecular complexity index is 643. The molecule has 0 aromatic carbocycles. The fraction of sp³-hybridized carbons (Fsp3) is 0.769. The molecule has 0 rings (SSSR count). The van der Waals surface area contributed by atoms with Crippen LogP contribution in [0, 0.1) is 11.8 Å². The number of ether oxygens (including phenoxy) is 4. The highest BCUT2D eigenvalue weighted by molar-refractivity contribution is 6.05. The summed E-state index contributed by atoms with van der Waals surface area (Å²) in [6.45, 7) is 7.82. The quantitative estimate of drug-likeness (QED) is 0.123. The van der Waals surface area contributed by atoms with E-state index >= 15 is 0 Å². The van der Waals surface area contributed by atoms with Gasteiger partial charge in [-0.15, -0.1) is 0 Å². The van der Waals surface area contributed by atoms with Gasteiger partial charge in [0, 0.05) is 13.2 Å². The van der Waals surface area contributed by atoms with Gasteiger partial charge in [0.05, 0.1) is 36.2 Å². The summed E-state index contributed by atoms with van der Waals surface area (Å²) < 4.78 is 20.9. The van der Waals surface area contributed by atoms with Gasteiger partial charge in [0.2, 0.25) is 0 Å². The molecule has 2 unspecified atom stereocenters. The van der Waals surface area contributed by atoms with Gasteiger partial charge in [-0.3, -0.25) is 9.59 Å². The summed E-state index contributed by atoms with van der Waals surface area (Å²) in [5.41, 5.74) is -1.44. The van der Waals surface area contributed by atoms with Gasteiger partial charge in [0.25, 0.3) is 0 Å². The van der Waals surface area contributed by atoms with E-state index in [-0.39, 0.29) is 26.4 Å². The smallest absolute Gasteiger partial charge is 0.333 e. The molecule has 10 nitrogen and oxygen atoms in total. The van der Waals surface area contributed by atoms with Gasteiger partial charge in [0.1, 0.15) is 13.2 Å². The van der Waals surface area contributed by atoms with Crippen molar-refractivity contribution in [3.63, 3.8) is 0 Å².